The first-order valence-electron chi connectivity index (χ1n) is 4.63. The minimum atomic E-state index is -1.02. The molecule has 1 aromatic carbocycles. The third-order valence-electron chi connectivity index (χ3n) is 1.85. The van der Waals surface area contributed by atoms with Gasteiger partial charge in [-0.05, 0) is 23.2 Å². The van der Waals surface area contributed by atoms with E-state index >= 15 is 0 Å². The van der Waals surface area contributed by atoms with E-state index < -0.39 is 11.8 Å². The third-order valence-corrected chi connectivity index (χ3v) is 1.85. The molecule has 0 saturated carbocycles. The number of hydrogen-bond acceptors (Lipinski definition) is 2. The molecule has 0 aliphatic carbocycles. The Morgan fingerprint density at radius 3 is 3.00 bits per heavy atom. The molecule has 0 aliphatic heterocycles. The van der Waals surface area contributed by atoms with E-state index in [1.807, 2.05) is 0 Å². The van der Waals surface area contributed by atoms with E-state index in [-0.39, 0.29) is 13.0 Å². The summed E-state index contributed by atoms with van der Waals surface area (Å²) in [5, 5.41) is 11.9. The van der Waals surface area contributed by atoms with E-state index in [1.165, 1.54) is 12.1 Å². The molecule has 0 heterocycles. The number of halogens is 1. The van der Waals surface area contributed by atoms with Gasteiger partial charge in [-0.15, -0.1) is 0 Å². The van der Waals surface area contributed by atoms with Crippen LogP contribution in [0.4, 0.5) is 4.39 Å². The summed E-state index contributed by atoms with van der Waals surface area (Å²) in [4.78, 5) is 13.1. The Balaban J connectivity index is 3.00. The van der Waals surface area contributed by atoms with Crippen molar-refractivity contribution < 1.29 is 14.3 Å². The molecule has 0 spiro atoms. The fourth-order valence-corrected chi connectivity index (χ4v) is 1.18. The van der Waals surface area contributed by atoms with Gasteiger partial charge in [0.05, 0.1) is 13.0 Å². The van der Waals surface area contributed by atoms with Gasteiger partial charge in [0, 0.05) is 10.5 Å². The fraction of sp³-hybridized carbons (Fsp3) is 0.182. The van der Waals surface area contributed by atoms with Crippen molar-refractivity contribution in [3.63, 3.8) is 0 Å². The van der Waals surface area contributed by atoms with Gasteiger partial charge in [-0.2, -0.15) is 0 Å². The highest BCUT2D eigenvalue weighted by atomic mass is 19.1. The largest absolute Gasteiger partial charge is 0.481 e. The maximum absolute atomic E-state index is 13.0. The predicted molar refractivity (Wildman–Crippen MR) is 58.6 cm³/mol. The molecule has 0 saturated heterocycles. The summed E-state index contributed by atoms with van der Waals surface area (Å²) in [6.07, 6.45) is -0.230. The summed E-state index contributed by atoms with van der Waals surface area (Å²) in [5.74, 6) is 3.58. The van der Waals surface area contributed by atoms with Crippen LogP contribution >= 0.6 is 0 Å². The second-order valence-electron chi connectivity index (χ2n) is 3.06. The Hall–Kier alpha value is -2.51. The lowest BCUT2D eigenvalue weighted by Crippen LogP contribution is -2.02. The second kappa shape index (κ2) is 6.16. The van der Waals surface area contributed by atoms with Gasteiger partial charge in [0.1, 0.15) is 5.82 Å². The Kier molecular flexibility index (Phi) is 4.55. The number of carbonyl (C=O) groups is 1. The van der Waals surface area contributed by atoms with Gasteiger partial charge in [-0.25, -0.2) is 4.39 Å². The highest BCUT2D eigenvalue weighted by Crippen LogP contribution is 2.11. The van der Waals surface area contributed by atoms with Gasteiger partial charge in [0.25, 0.3) is 0 Å². The van der Waals surface area contributed by atoms with E-state index in [4.69, 9.17) is 10.6 Å². The Bertz CT molecular complexity index is 539. The SMILES string of the molecule is [N-]=[N+]=NCC#Cc1cc(F)ccc1CC(=O)O. The lowest BCUT2D eigenvalue weighted by atomic mass is 10.0. The van der Waals surface area contributed by atoms with Crippen LogP contribution in [0.15, 0.2) is 23.3 Å². The van der Waals surface area contributed by atoms with Gasteiger partial charge >= 0.3 is 5.97 Å². The number of carboxylic acids is 1. The molecule has 1 rings (SSSR count). The monoisotopic (exact) mass is 233 g/mol. The molecule has 0 bridgehead atoms. The standard InChI is InChI=1S/C11H8FN3O2/c12-10-4-3-9(7-11(16)17)8(6-10)2-1-5-14-15-13/h3-4,6H,5,7H2,(H,16,17). The van der Waals surface area contributed by atoms with Crippen LogP contribution < -0.4 is 0 Å². The quantitative estimate of drug-likeness (QED) is 0.375. The zero-order chi connectivity index (χ0) is 12.7. The number of nitrogens with zero attached hydrogens (tertiary/aromatic N) is 3. The van der Waals surface area contributed by atoms with Crippen molar-refractivity contribution >= 4 is 5.97 Å². The zero-order valence-corrected chi connectivity index (χ0v) is 8.72. The first-order valence-corrected chi connectivity index (χ1v) is 4.63. The van der Waals surface area contributed by atoms with Crippen LogP contribution in [-0.2, 0) is 11.2 Å². The summed E-state index contributed by atoms with van der Waals surface area (Å²) in [6.45, 7) is -0.0421. The minimum Gasteiger partial charge on any atom is -0.481 e. The van der Waals surface area contributed by atoms with Crippen molar-refractivity contribution in [1.29, 1.82) is 0 Å². The van der Waals surface area contributed by atoms with Crippen LogP contribution in [0.5, 0.6) is 0 Å². The lowest BCUT2D eigenvalue weighted by molar-refractivity contribution is -0.136. The van der Waals surface area contributed by atoms with Crippen LogP contribution in [0.25, 0.3) is 10.4 Å². The maximum Gasteiger partial charge on any atom is 0.307 e. The van der Waals surface area contributed by atoms with E-state index in [1.54, 1.807) is 0 Å². The van der Waals surface area contributed by atoms with Crippen LogP contribution in [0.1, 0.15) is 11.1 Å². The highest BCUT2D eigenvalue weighted by Gasteiger charge is 2.06. The average Bonchev–Trinajstić information content (AvgIpc) is 2.27. The number of aliphatic carboxylic acids is 1. The Morgan fingerprint density at radius 1 is 1.59 bits per heavy atom. The molecule has 0 fully saturated rings. The first kappa shape index (κ1) is 12.6. The summed E-state index contributed by atoms with van der Waals surface area (Å²) in [5.41, 5.74) is 8.75. The molecule has 0 amide bonds. The number of benzene rings is 1. The van der Waals surface area contributed by atoms with Gasteiger partial charge in [-0.1, -0.05) is 23.0 Å². The molecule has 86 valence electrons. The van der Waals surface area contributed by atoms with Crippen LogP contribution in [-0.4, -0.2) is 17.6 Å². The van der Waals surface area contributed by atoms with E-state index in [0.717, 1.165) is 6.07 Å². The molecule has 6 heteroatoms. The van der Waals surface area contributed by atoms with Crippen LogP contribution in [0, 0.1) is 17.7 Å². The predicted octanol–water partition coefficient (Wildman–Crippen LogP) is 2.11. The van der Waals surface area contributed by atoms with E-state index in [0.29, 0.717) is 11.1 Å². The molecular formula is C11H8FN3O2. The van der Waals surface area contributed by atoms with Crippen LogP contribution in [0.3, 0.4) is 0 Å². The molecule has 0 unspecified atom stereocenters. The van der Waals surface area contributed by atoms with E-state index in [9.17, 15) is 9.18 Å². The van der Waals surface area contributed by atoms with Crippen molar-refractivity contribution in [1.82, 2.24) is 0 Å². The molecule has 1 aromatic rings. The third kappa shape index (κ3) is 4.24. The molecule has 5 nitrogen and oxygen atoms in total. The minimum absolute atomic E-state index is 0.0421. The van der Waals surface area contributed by atoms with Gasteiger partial charge in [0.2, 0.25) is 0 Å². The van der Waals surface area contributed by atoms with Crippen molar-refractivity contribution in [3.05, 3.63) is 45.6 Å². The number of rotatable bonds is 3. The Morgan fingerprint density at radius 2 is 2.35 bits per heavy atom. The van der Waals surface area contributed by atoms with Gasteiger partial charge < -0.3 is 5.11 Å². The van der Waals surface area contributed by atoms with Crippen molar-refractivity contribution in [3.8, 4) is 11.8 Å². The Labute approximate surface area is 96.5 Å². The number of carboxylic acid groups (broad SMARTS) is 1. The fourth-order valence-electron chi connectivity index (χ4n) is 1.18. The number of hydrogen-bond donors (Lipinski definition) is 1. The summed E-state index contributed by atoms with van der Waals surface area (Å²) in [6, 6.07) is 3.71. The molecule has 0 aliphatic rings. The summed E-state index contributed by atoms with van der Waals surface area (Å²) >= 11 is 0. The maximum atomic E-state index is 13.0. The highest BCUT2D eigenvalue weighted by molar-refractivity contribution is 5.71. The molecule has 17 heavy (non-hydrogen) atoms. The van der Waals surface area contributed by atoms with E-state index in [2.05, 4.69) is 21.9 Å². The van der Waals surface area contributed by atoms with Gasteiger partial charge in [-0.3, -0.25) is 4.79 Å². The molecule has 1 N–H and O–H groups in total. The second-order valence-corrected chi connectivity index (χ2v) is 3.06. The molecule has 0 atom stereocenters. The van der Waals surface area contributed by atoms with Crippen molar-refractivity contribution in [2.24, 2.45) is 5.11 Å². The first-order chi connectivity index (χ1) is 8.13. The molecule has 0 radical (unpaired) electrons. The normalized spacial score (nSPS) is 8.76. The molecule has 0 aromatic heterocycles. The van der Waals surface area contributed by atoms with Gasteiger partial charge in [0.15, 0.2) is 0 Å². The zero-order valence-electron chi connectivity index (χ0n) is 8.72. The molecular weight excluding hydrogens is 225 g/mol. The average molecular weight is 233 g/mol. The summed E-state index contributed by atoms with van der Waals surface area (Å²) in [7, 11) is 0. The lowest BCUT2D eigenvalue weighted by Gasteiger charge is -2.01. The van der Waals surface area contributed by atoms with Crippen LogP contribution in [0.2, 0.25) is 0 Å². The van der Waals surface area contributed by atoms with Crippen molar-refractivity contribution in [2.45, 2.75) is 6.42 Å². The summed E-state index contributed by atoms with van der Waals surface area (Å²) < 4.78 is 13.0. The number of azide groups is 1. The topological polar surface area (TPSA) is 86.1 Å². The smallest absolute Gasteiger partial charge is 0.307 e. The van der Waals surface area contributed by atoms with Crippen molar-refractivity contribution in [2.75, 3.05) is 6.54 Å².